The monoisotopic (exact) mass is 239 g/mol. The van der Waals surface area contributed by atoms with E-state index in [4.69, 9.17) is 10.5 Å². The fourth-order valence-corrected chi connectivity index (χ4v) is 2.33. The molecule has 1 aliphatic rings. The van der Waals surface area contributed by atoms with Crippen LogP contribution in [-0.2, 0) is 5.54 Å². The molecule has 0 saturated heterocycles. The Morgan fingerprint density at radius 1 is 0.833 bits per heavy atom. The first kappa shape index (κ1) is 11.3. The van der Waals surface area contributed by atoms with Crippen molar-refractivity contribution in [3.8, 4) is 11.5 Å². The zero-order chi connectivity index (χ0) is 12.4. The molecule has 0 radical (unpaired) electrons. The lowest BCUT2D eigenvalue weighted by atomic mass is 9.73. The molecule has 0 amide bonds. The Kier molecular flexibility index (Phi) is 2.80. The van der Waals surface area contributed by atoms with Crippen molar-refractivity contribution in [2.75, 3.05) is 0 Å². The summed E-state index contributed by atoms with van der Waals surface area (Å²) in [4.78, 5) is 0. The van der Waals surface area contributed by atoms with Crippen molar-refractivity contribution in [3.63, 3.8) is 0 Å². The maximum atomic E-state index is 6.29. The molecule has 2 heteroatoms. The van der Waals surface area contributed by atoms with Gasteiger partial charge in [0.05, 0.1) is 0 Å². The Bertz CT molecular complexity index is 515. The molecule has 0 atom stereocenters. The Morgan fingerprint density at radius 2 is 1.44 bits per heavy atom. The van der Waals surface area contributed by atoms with Crippen LogP contribution in [-0.4, -0.2) is 0 Å². The standard InChI is InChI=1S/C16H17NO/c17-16(11-4-12-16)13-7-9-15(10-8-13)18-14-5-2-1-3-6-14/h1-3,5-10H,4,11-12,17H2. The summed E-state index contributed by atoms with van der Waals surface area (Å²) < 4.78 is 5.76. The van der Waals surface area contributed by atoms with E-state index in [1.807, 2.05) is 42.5 Å². The van der Waals surface area contributed by atoms with Gasteiger partial charge in [-0.2, -0.15) is 0 Å². The third-order valence-electron chi connectivity index (χ3n) is 3.65. The summed E-state index contributed by atoms with van der Waals surface area (Å²) in [7, 11) is 0. The van der Waals surface area contributed by atoms with Gasteiger partial charge in [-0.3, -0.25) is 0 Å². The maximum Gasteiger partial charge on any atom is 0.127 e. The molecule has 2 N–H and O–H groups in total. The zero-order valence-electron chi connectivity index (χ0n) is 10.3. The molecule has 3 rings (SSSR count). The molecule has 2 aromatic carbocycles. The molecule has 2 nitrogen and oxygen atoms in total. The summed E-state index contributed by atoms with van der Waals surface area (Å²) in [5.41, 5.74) is 7.41. The number of benzene rings is 2. The maximum absolute atomic E-state index is 6.29. The van der Waals surface area contributed by atoms with Crippen LogP contribution in [0.1, 0.15) is 24.8 Å². The molecule has 1 aliphatic carbocycles. The first-order chi connectivity index (χ1) is 8.76. The molecule has 0 bridgehead atoms. The highest BCUT2D eigenvalue weighted by atomic mass is 16.5. The van der Waals surface area contributed by atoms with E-state index < -0.39 is 0 Å². The van der Waals surface area contributed by atoms with Crippen molar-refractivity contribution in [2.45, 2.75) is 24.8 Å². The SMILES string of the molecule is NC1(c2ccc(Oc3ccccc3)cc2)CCC1. The molecular weight excluding hydrogens is 222 g/mol. The van der Waals surface area contributed by atoms with Crippen LogP contribution in [0.5, 0.6) is 11.5 Å². The Hall–Kier alpha value is -1.80. The predicted molar refractivity (Wildman–Crippen MR) is 72.7 cm³/mol. The quantitative estimate of drug-likeness (QED) is 0.883. The molecule has 18 heavy (non-hydrogen) atoms. The van der Waals surface area contributed by atoms with Gasteiger partial charge in [-0.1, -0.05) is 30.3 Å². The highest BCUT2D eigenvalue weighted by molar-refractivity contribution is 5.36. The van der Waals surface area contributed by atoms with E-state index in [-0.39, 0.29) is 5.54 Å². The third kappa shape index (κ3) is 2.12. The van der Waals surface area contributed by atoms with Crippen LogP contribution in [0.25, 0.3) is 0 Å². The molecular formula is C16H17NO. The summed E-state index contributed by atoms with van der Waals surface area (Å²) >= 11 is 0. The Labute approximate surface area is 107 Å². The number of nitrogens with two attached hydrogens (primary N) is 1. The van der Waals surface area contributed by atoms with Crippen LogP contribution in [0.15, 0.2) is 54.6 Å². The largest absolute Gasteiger partial charge is 0.457 e. The number of rotatable bonds is 3. The van der Waals surface area contributed by atoms with Gasteiger partial charge in [-0.15, -0.1) is 0 Å². The van der Waals surface area contributed by atoms with Crippen molar-refractivity contribution in [2.24, 2.45) is 5.73 Å². The van der Waals surface area contributed by atoms with E-state index in [2.05, 4.69) is 12.1 Å². The van der Waals surface area contributed by atoms with Gasteiger partial charge < -0.3 is 10.5 Å². The fraction of sp³-hybridized carbons (Fsp3) is 0.250. The minimum absolute atomic E-state index is 0.0920. The van der Waals surface area contributed by atoms with Crippen LogP contribution in [0.2, 0.25) is 0 Å². The normalized spacial score (nSPS) is 16.9. The molecule has 1 saturated carbocycles. The van der Waals surface area contributed by atoms with Crippen molar-refractivity contribution >= 4 is 0 Å². The first-order valence-electron chi connectivity index (χ1n) is 6.39. The Balaban J connectivity index is 1.75. The van der Waals surface area contributed by atoms with Crippen LogP contribution in [0.3, 0.4) is 0 Å². The summed E-state index contributed by atoms with van der Waals surface area (Å²) in [6, 6.07) is 18.0. The van der Waals surface area contributed by atoms with E-state index in [9.17, 15) is 0 Å². The van der Waals surface area contributed by atoms with Crippen LogP contribution < -0.4 is 10.5 Å². The van der Waals surface area contributed by atoms with Gasteiger partial charge in [0.25, 0.3) is 0 Å². The zero-order valence-corrected chi connectivity index (χ0v) is 10.3. The van der Waals surface area contributed by atoms with Crippen LogP contribution >= 0.6 is 0 Å². The van der Waals surface area contributed by atoms with Crippen molar-refractivity contribution in [1.82, 2.24) is 0 Å². The van der Waals surface area contributed by atoms with E-state index in [1.165, 1.54) is 12.0 Å². The van der Waals surface area contributed by atoms with Gasteiger partial charge in [-0.25, -0.2) is 0 Å². The lowest BCUT2D eigenvalue weighted by Crippen LogP contribution is -2.43. The summed E-state index contributed by atoms with van der Waals surface area (Å²) in [6.45, 7) is 0. The molecule has 0 heterocycles. The number of hydrogen-bond acceptors (Lipinski definition) is 2. The summed E-state index contributed by atoms with van der Waals surface area (Å²) in [6.07, 6.45) is 3.41. The molecule has 92 valence electrons. The van der Waals surface area contributed by atoms with Crippen LogP contribution in [0, 0.1) is 0 Å². The van der Waals surface area contributed by atoms with Crippen LogP contribution in [0.4, 0.5) is 0 Å². The number of hydrogen-bond donors (Lipinski definition) is 1. The van der Waals surface area contributed by atoms with Gasteiger partial charge in [0.1, 0.15) is 11.5 Å². The molecule has 0 aromatic heterocycles. The lowest BCUT2D eigenvalue weighted by Gasteiger charge is -2.38. The fourth-order valence-electron chi connectivity index (χ4n) is 2.33. The molecule has 0 aliphatic heterocycles. The van der Waals surface area contributed by atoms with Gasteiger partial charge in [0, 0.05) is 5.54 Å². The second-order valence-corrected chi connectivity index (χ2v) is 4.95. The van der Waals surface area contributed by atoms with Gasteiger partial charge >= 0.3 is 0 Å². The van der Waals surface area contributed by atoms with Crippen molar-refractivity contribution in [3.05, 3.63) is 60.2 Å². The summed E-state index contributed by atoms with van der Waals surface area (Å²) in [5, 5.41) is 0. The van der Waals surface area contributed by atoms with E-state index in [0.29, 0.717) is 0 Å². The van der Waals surface area contributed by atoms with E-state index >= 15 is 0 Å². The minimum Gasteiger partial charge on any atom is -0.457 e. The van der Waals surface area contributed by atoms with Gasteiger partial charge in [0.15, 0.2) is 0 Å². The van der Waals surface area contributed by atoms with Crippen molar-refractivity contribution < 1.29 is 4.74 Å². The number of ether oxygens (including phenoxy) is 1. The predicted octanol–water partition coefficient (Wildman–Crippen LogP) is 3.82. The lowest BCUT2D eigenvalue weighted by molar-refractivity contribution is 0.253. The molecule has 0 spiro atoms. The molecule has 1 fully saturated rings. The molecule has 2 aromatic rings. The smallest absolute Gasteiger partial charge is 0.127 e. The van der Waals surface area contributed by atoms with E-state index in [0.717, 1.165) is 24.3 Å². The van der Waals surface area contributed by atoms with Gasteiger partial charge in [-0.05, 0) is 49.1 Å². The average Bonchev–Trinajstić information content (AvgIpc) is 2.38. The highest BCUT2D eigenvalue weighted by Gasteiger charge is 2.33. The summed E-state index contributed by atoms with van der Waals surface area (Å²) in [5.74, 6) is 1.71. The average molecular weight is 239 g/mol. The second-order valence-electron chi connectivity index (χ2n) is 4.95. The molecule has 0 unspecified atom stereocenters. The van der Waals surface area contributed by atoms with Crippen molar-refractivity contribution in [1.29, 1.82) is 0 Å². The minimum atomic E-state index is -0.0920. The third-order valence-corrected chi connectivity index (χ3v) is 3.65. The topological polar surface area (TPSA) is 35.2 Å². The number of para-hydroxylation sites is 1. The first-order valence-corrected chi connectivity index (χ1v) is 6.39. The second kappa shape index (κ2) is 4.46. The van der Waals surface area contributed by atoms with E-state index in [1.54, 1.807) is 0 Å². The highest BCUT2D eigenvalue weighted by Crippen LogP contribution is 2.39. The van der Waals surface area contributed by atoms with Gasteiger partial charge in [0.2, 0.25) is 0 Å². The Morgan fingerprint density at radius 3 is 2.00 bits per heavy atom.